The van der Waals surface area contributed by atoms with Crippen LogP contribution in [-0.4, -0.2) is 30.1 Å². The van der Waals surface area contributed by atoms with E-state index in [9.17, 15) is 14.9 Å². The van der Waals surface area contributed by atoms with Gasteiger partial charge in [-0.1, -0.05) is 24.3 Å². The smallest absolute Gasteiger partial charge is 0.293 e. The Labute approximate surface area is 154 Å². The third-order valence-electron chi connectivity index (χ3n) is 3.61. The van der Waals surface area contributed by atoms with Crippen LogP contribution >= 0.6 is 11.8 Å². The van der Waals surface area contributed by atoms with Crippen LogP contribution in [-0.2, 0) is 4.79 Å². The summed E-state index contributed by atoms with van der Waals surface area (Å²) in [5.74, 6) is -0.274. The Kier molecular flexibility index (Phi) is 5.04. The molecule has 0 bridgehead atoms. The second-order valence-corrected chi connectivity index (χ2v) is 6.75. The lowest BCUT2D eigenvalue weighted by Crippen LogP contribution is -2.19. The predicted octanol–water partition coefficient (Wildman–Crippen LogP) is 3.55. The van der Waals surface area contributed by atoms with E-state index in [0.717, 1.165) is 5.69 Å². The summed E-state index contributed by atoms with van der Waals surface area (Å²) in [6, 6.07) is 14.2. The number of nitro groups is 1. The Morgan fingerprint density at radius 3 is 2.58 bits per heavy atom. The number of benzene rings is 2. The highest BCUT2D eigenvalue weighted by atomic mass is 32.2. The van der Waals surface area contributed by atoms with Crippen molar-refractivity contribution in [1.29, 1.82) is 0 Å². The van der Waals surface area contributed by atoms with Crippen LogP contribution in [0.15, 0.2) is 58.4 Å². The molecule has 0 saturated carbocycles. The number of amidine groups is 1. The molecule has 1 fully saturated rings. The van der Waals surface area contributed by atoms with Crippen LogP contribution in [0.25, 0.3) is 6.08 Å². The lowest BCUT2D eigenvalue weighted by atomic mass is 10.1. The molecule has 0 aliphatic carbocycles. The first-order valence-electron chi connectivity index (χ1n) is 7.74. The normalized spacial score (nSPS) is 16.8. The van der Waals surface area contributed by atoms with Crippen LogP contribution in [0.3, 0.4) is 0 Å². The van der Waals surface area contributed by atoms with Crippen molar-refractivity contribution in [2.45, 2.75) is 0 Å². The molecule has 1 aliphatic rings. The van der Waals surface area contributed by atoms with E-state index >= 15 is 0 Å². The molecule has 0 aromatic heterocycles. The van der Waals surface area contributed by atoms with E-state index in [-0.39, 0.29) is 11.6 Å². The molecule has 132 valence electrons. The second-order valence-electron chi connectivity index (χ2n) is 5.72. The summed E-state index contributed by atoms with van der Waals surface area (Å²) in [5.41, 5.74) is 1.82. The van der Waals surface area contributed by atoms with Gasteiger partial charge in [0.15, 0.2) is 5.17 Å². The molecule has 1 heterocycles. The zero-order valence-corrected chi connectivity index (χ0v) is 15.0. The average Bonchev–Trinajstić information content (AvgIpc) is 2.94. The van der Waals surface area contributed by atoms with E-state index in [1.165, 1.54) is 17.8 Å². The molecule has 1 saturated heterocycles. The number of nitro benzene ring substituents is 1. The number of hydrogen-bond acceptors (Lipinski definition) is 6. The maximum atomic E-state index is 12.2. The van der Waals surface area contributed by atoms with E-state index in [2.05, 4.69) is 10.3 Å². The molecule has 2 aromatic carbocycles. The van der Waals surface area contributed by atoms with Crippen molar-refractivity contribution >= 4 is 46.0 Å². The van der Waals surface area contributed by atoms with Gasteiger partial charge in [-0.3, -0.25) is 14.9 Å². The Morgan fingerprint density at radius 2 is 1.92 bits per heavy atom. The van der Waals surface area contributed by atoms with Gasteiger partial charge in [0.1, 0.15) is 5.69 Å². The van der Waals surface area contributed by atoms with Gasteiger partial charge in [0.25, 0.3) is 11.6 Å². The molecule has 3 rings (SSSR count). The van der Waals surface area contributed by atoms with Gasteiger partial charge < -0.3 is 10.2 Å². The average molecular weight is 368 g/mol. The van der Waals surface area contributed by atoms with Gasteiger partial charge >= 0.3 is 0 Å². The highest BCUT2D eigenvalue weighted by Gasteiger charge is 2.24. The highest BCUT2D eigenvalue weighted by molar-refractivity contribution is 8.18. The van der Waals surface area contributed by atoms with Crippen molar-refractivity contribution in [3.8, 4) is 0 Å². The maximum absolute atomic E-state index is 12.2. The monoisotopic (exact) mass is 368 g/mol. The zero-order chi connectivity index (χ0) is 18.7. The summed E-state index contributed by atoms with van der Waals surface area (Å²) in [4.78, 5) is 29.5. The molecule has 1 amide bonds. The Hall–Kier alpha value is -3.13. The lowest BCUT2D eigenvalue weighted by Gasteiger charge is -2.12. The number of carbonyl (C=O) groups excluding carboxylic acids is 1. The number of nitrogens with one attached hydrogen (secondary N) is 1. The molecule has 26 heavy (non-hydrogen) atoms. The molecular weight excluding hydrogens is 352 g/mol. The van der Waals surface area contributed by atoms with E-state index in [1.807, 2.05) is 30.3 Å². The molecule has 0 radical (unpaired) electrons. The topological polar surface area (TPSA) is 87.8 Å². The minimum Gasteiger partial charge on any atom is -0.372 e. The molecule has 0 spiro atoms. The zero-order valence-electron chi connectivity index (χ0n) is 14.2. The quantitative estimate of drug-likeness (QED) is 0.506. The first-order valence-corrected chi connectivity index (χ1v) is 8.56. The number of amides is 1. The van der Waals surface area contributed by atoms with Crippen molar-refractivity contribution in [3.05, 3.63) is 69.1 Å². The van der Waals surface area contributed by atoms with E-state index in [4.69, 9.17) is 0 Å². The number of aliphatic imine (C=N–C) groups is 1. The van der Waals surface area contributed by atoms with Gasteiger partial charge in [-0.05, 0) is 41.6 Å². The van der Waals surface area contributed by atoms with Gasteiger partial charge in [-0.25, -0.2) is 4.99 Å². The Bertz CT molecular complexity index is 923. The van der Waals surface area contributed by atoms with Crippen molar-refractivity contribution in [2.24, 2.45) is 4.99 Å². The largest absolute Gasteiger partial charge is 0.372 e. The summed E-state index contributed by atoms with van der Waals surface area (Å²) in [6.45, 7) is 0. The molecular formula is C18H16N4O3S. The van der Waals surface area contributed by atoms with E-state index in [0.29, 0.717) is 21.3 Å². The third-order valence-corrected chi connectivity index (χ3v) is 4.52. The van der Waals surface area contributed by atoms with Gasteiger partial charge in [0, 0.05) is 20.2 Å². The lowest BCUT2D eigenvalue weighted by molar-refractivity contribution is -0.384. The molecule has 1 N–H and O–H groups in total. The number of hydrogen-bond donors (Lipinski definition) is 1. The number of rotatable bonds is 4. The fourth-order valence-corrected chi connectivity index (χ4v) is 3.25. The van der Waals surface area contributed by atoms with Crippen LogP contribution in [0.2, 0.25) is 0 Å². The van der Waals surface area contributed by atoms with Crippen LogP contribution in [0, 0.1) is 10.1 Å². The standard InChI is InChI=1S/C18H16N4O3S/c1-21(2)14-9-8-12(10-15(14)22(24)25)11-16-17(23)20-18(26-16)19-13-6-4-3-5-7-13/h3-11H,1-2H3,(H,19,20,23)/b16-11-. The van der Waals surface area contributed by atoms with Gasteiger partial charge in [-0.15, -0.1) is 0 Å². The van der Waals surface area contributed by atoms with Crippen molar-refractivity contribution in [2.75, 3.05) is 19.0 Å². The number of carbonyl (C=O) groups is 1. The van der Waals surface area contributed by atoms with E-state index in [1.54, 1.807) is 37.2 Å². The van der Waals surface area contributed by atoms with Crippen molar-refractivity contribution < 1.29 is 9.72 Å². The molecule has 0 unspecified atom stereocenters. The number of nitrogens with zero attached hydrogens (tertiary/aromatic N) is 3. The summed E-state index contributed by atoms with van der Waals surface area (Å²) >= 11 is 1.20. The predicted molar refractivity (Wildman–Crippen MR) is 105 cm³/mol. The summed E-state index contributed by atoms with van der Waals surface area (Å²) in [7, 11) is 3.49. The molecule has 0 atom stereocenters. The summed E-state index contributed by atoms with van der Waals surface area (Å²) in [5, 5.41) is 14.5. The van der Waals surface area contributed by atoms with Gasteiger partial charge in [-0.2, -0.15) is 0 Å². The third kappa shape index (κ3) is 3.92. The van der Waals surface area contributed by atoms with Crippen molar-refractivity contribution in [1.82, 2.24) is 5.32 Å². The fraction of sp³-hybridized carbons (Fsp3) is 0.111. The highest BCUT2D eigenvalue weighted by Crippen LogP contribution is 2.31. The first kappa shape index (κ1) is 17.7. The minimum atomic E-state index is -0.429. The Balaban J connectivity index is 1.88. The number of thioether (sulfide) groups is 1. The Morgan fingerprint density at radius 1 is 1.19 bits per heavy atom. The molecule has 7 nitrogen and oxygen atoms in total. The molecule has 2 aromatic rings. The molecule has 1 aliphatic heterocycles. The number of para-hydroxylation sites is 1. The SMILES string of the molecule is CN(C)c1ccc(/C=C2\SC(=Nc3ccccc3)NC2=O)cc1[N+](=O)[O-]. The first-order chi connectivity index (χ1) is 12.4. The van der Waals surface area contributed by atoms with Crippen LogP contribution in [0.4, 0.5) is 17.1 Å². The molecule has 8 heteroatoms. The maximum Gasteiger partial charge on any atom is 0.293 e. The van der Waals surface area contributed by atoms with E-state index < -0.39 is 4.92 Å². The summed E-state index contributed by atoms with van der Waals surface area (Å²) in [6.07, 6.45) is 1.62. The van der Waals surface area contributed by atoms with Gasteiger partial charge in [0.05, 0.1) is 15.5 Å². The van der Waals surface area contributed by atoms with Crippen LogP contribution < -0.4 is 10.2 Å². The second kappa shape index (κ2) is 7.40. The number of anilines is 1. The van der Waals surface area contributed by atoms with Crippen molar-refractivity contribution in [3.63, 3.8) is 0 Å². The fourth-order valence-electron chi connectivity index (χ4n) is 2.41. The summed E-state index contributed by atoms with van der Waals surface area (Å²) < 4.78 is 0. The minimum absolute atomic E-state index is 0.00840. The van der Waals surface area contributed by atoms with Gasteiger partial charge in [0.2, 0.25) is 0 Å². The van der Waals surface area contributed by atoms with Crippen LogP contribution in [0.5, 0.6) is 0 Å². The van der Waals surface area contributed by atoms with Crippen LogP contribution in [0.1, 0.15) is 5.56 Å².